The average molecular weight is 502 g/mol. The Morgan fingerprint density at radius 2 is 1.59 bits per heavy atom. The van der Waals surface area contributed by atoms with Crippen LogP contribution in [0.2, 0.25) is 0 Å². The van der Waals surface area contributed by atoms with E-state index in [0.29, 0.717) is 41.9 Å². The van der Waals surface area contributed by atoms with Gasteiger partial charge in [-0.3, -0.25) is 9.59 Å². The topological polar surface area (TPSA) is 104 Å². The van der Waals surface area contributed by atoms with Crippen molar-refractivity contribution in [1.29, 1.82) is 0 Å². The highest BCUT2D eigenvalue weighted by molar-refractivity contribution is 5.80. The summed E-state index contributed by atoms with van der Waals surface area (Å²) in [5.74, 6) is 0.502. The summed E-state index contributed by atoms with van der Waals surface area (Å²) in [5, 5.41) is 3.02. The Hall–Kier alpha value is -4.59. The van der Waals surface area contributed by atoms with Crippen molar-refractivity contribution in [2.24, 2.45) is 0 Å². The van der Waals surface area contributed by atoms with Crippen LogP contribution in [-0.2, 0) is 16.1 Å². The normalized spacial score (nSPS) is 10.6. The zero-order valence-corrected chi connectivity index (χ0v) is 20.2. The third-order valence-corrected chi connectivity index (χ3v) is 5.46. The molecule has 0 saturated carbocycles. The van der Waals surface area contributed by atoms with Crippen LogP contribution in [0.4, 0.5) is 4.79 Å². The lowest BCUT2D eigenvalue weighted by Crippen LogP contribution is -2.25. The number of para-hydroxylation sites is 1. The van der Waals surface area contributed by atoms with Crippen molar-refractivity contribution in [2.75, 3.05) is 6.54 Å². The second-order valence-corrected chi connectivity index (χ2v) is 8.28. The summed E-state index contributed by atoms with van der Waals surface area (Å²) in [5.41, 5.74) is 0.896. The van der Waals surface area contributed by atoms with E-state index in [1.807, 2.05) is 36.4 Å². The van der Waals surface area contributed by atoms with Crippen LogP contribution in [0.5, 0.6) is 17.2 Å². The van der Waals surface area contributed by atoms with Gasteiger partial charge in [-0.1, -0.05) is 55.0 Å². The van der Waals surface area contributed by atoms with Gasteiger partial charge in [-0.05, 0) is 42.7 Å². The zero-order chi connectivity index (χ0) is 25.9. The summed E-state index contributed by atoms with van der Waals surface area (Å²) < 4.78 is 21.7. The van der Waals surface area contributed by atoms with E-state index >= 15 is 0 Å². The van der Waals surface area contributed by atoms with Crippen molar-refractivity contribution < 1.29 is 28.2 Å². The Morgan fingerprint density at radius 3 is 2.38 bits per heavy atom. The van der Waals surface area contributed by atoms with Gasteiger partial charge in [0.1, 0.15) is 30.0 Å². The van der Waals surface area contributed by atoms with Crippen LogP contribution in [0.3, 0.4) is 0 Å². The van der Waals surface area contributed by atoms with Crippen molar-refractivity contribution in [3.8, 4) is 17.2 Å². The number of esters is 1. The number of unbranched alkanes of at least 4 members (excludes halogenated alkanes) is 2. The molecule has 4 aromatic rings. The van der Waals surface area contributed by atoms with Gasteiger partial charge in [0.25, 0.3) is 0 Å². The smallest absolute Gasteiger partial charge is 0.407 e. The highest BCUT2D eigenvalue weighted by atomic mass is 16.5. The van der Waals surface area contributed by atoms with E-state index < -0.39 is 6.09 Å². The number of nitrogens with one attached hydrogen (secondary N) is 1. The molecule has 0 atom stereocenters. The Labute approximate surface area is 213 Å². The van der Waals surface area contributed by atoms with E-state index in [4.69, 9.17) is 18.6 Å². The van der Waals surface area contributed by atoms with Crippen molar-refractivity contribution >= 4 is 23.0 Å². The van der Waals surface area contributed by atoms with Gasteiger partial charge >= 0.3 is 12.1 Å². The minimum Gasteiger partial charge on any atom is -0.460 e. The van der Waals surface area contributed by atoms with Crippen molar-refractivity contribution in [1.82, 2.24) is 5.32 Å². The van der Waals surface area contributed by atoms with Gasteiger partial charge in [-0.25, -0.2) is 4.79 Å². The van der Waals surface area contributed by atoms with Crippen molar-refractivity contribution in [3.63, 3.8) is 0 Å². The van der Waals surface area contributed by atoms with Gasteiger partial charge in [0.05, 0.1) is 5.39 Å². The predicted molar refractivity (Wildman–Crippen MR) is 138 cm³/mol. The van der Waals surface area contributed by atoms with Crippen LogP contribution in [0.1, 0.15) is 31.2 Å². The molecule has 0 unspecified atom stereocenters. The number of carbonyl (C=O) groups excluding carboxylic acids is 2. The van der Waals surface area contributed by atoms with Gasteiger partial charge in [-0.2, -0.15) is 0 Å². The second kappa shape index (κ2) is 12.9. The van der Waals surface area contributed by atoms with Gasteiger partial charge in [0, 0.05) is 19.0 Å². The first-order chi connectivity index (χ1) is 18.1. The predicted octanol–water partition coefficient (Wildman–Crippen LogP) is 5.98. The maximum atomic E-state index is 12.7. The van der Waals surface area contributed by atoms with Gasteiger partial charge in [-0.15, -0.1) is 0 Å². The summed E-state index contributed by atoms with van der Waals surface area (Å²) in [6.07, 6.45) is 3.07. The lowest BCUT2D eigenvalue weighted by molar-refractivity contribution is -0.134. The number of hydrogen-bond acceptors (Lipinski definition) is 7. The third kappa shape index (κ3) is 7.70. The first-order valence-electron chi connectivity index (χ1n) is 12.0. The molecule has 0 fully saturated rings. The van der Waals surface area contributed by atoms with Crippen molar-refractivity contribution in [2.45, 2.75) is 32.3 Å². The van der Waals surface area contributed by atoms with Crippen LogP contribution in [-0.4, -0.2) is 18.6 Å². The molecule has 190 valence electrons. The molecule has 37 heavy (non-hydrogen) atoms. The molecule has 1 aromatic heterocycles. The Morgan fingerprint density at radius 1 is 0.838 bits per heavy atom. The number of amides is 1. The Kier molecular flexibility index (Phi) is 8.91. The first kappa shape index (κ1) is 25.5. The molecular formula is C29H27NO7. The maximum Gasteiger partial charge on any atom is 0.407 e. The fraction of sp³-hybridized carbons (Fsp3) is 0.207. The molecule has 0 radical (unpaired) electrons. The molecule has 4 rings (SSSR count). The third-order valence-electron chi connectivity index (χ3n) is 5.46. The Balaban J connectivity index is 1.17. The number of carbonyl (C=O) groups is 2. The molecule has 1 N–H and O–H groups in total. The number of fused-ring (bicyclic) bond motifs is 1. The molecule has 3 aromatic carbocycles. The lowest BCUT2D eigenvalue weighted by atomic mass is 10.2. The fourth-order valence-corrected chi connectivity index (χ4v) is 3.56. The highest BCUT2D eigenvalue weighted by Crippen LogP contribution is 2.24. The number of rotatable bonds is 11. The van der Waals surface area contributed by atoms with E-state index in [0.717, 1.165) is 12.0 Å². The standard InChI is InChI=1S/C29H27NO7/c31-27(14-8-3-9-17-30-29(33)35-19-21-10-4-1-5-11-21)37-23-15-16-24-25(18-23)34-20-26(28(24)32)36-22-12-6-2-7-13-22/h1-2,4-7,10-13,15-16,18,20H,3,8-9,14,17,19H2,(H,30,33). The molecule has 0 aliphatic heterocycles. The molecule has 1 heterocycles. The fourth-order valence-electron chi connectivity index (χ4n) is 3.56. The summed E-state index contributed by atoms with van der Waals surface area (Å²) in [6.45, 7) is 0.682. The number of hydrogen-bond donors (Lipinski definition) is 1. The highest BCUT2D eigenvalue weighted by Gasteiger charge is 2.12. The SMILES string of the molecule is O=C(CCCCCNC(=O)OCc1ccccc1)Oc1ccc2c(=O)c(Oc3ccccc3)coc2c1. The van der Waals surface area contributed by atoms with Crippen LogP contribution in [0.25, 0.3) is 11.0 Å². The lowest BCUT2D eigenvalue weighted by Gasteiger charge is -2.08. The molecule has 8 heteroatoms. The molecule has 0 spiro atoms. The van der Waals surface area contributed by atoms with E-state index in [2.05, 4.69) is 5.32 Å². The number of ether oxygens (including phenoxy) is 3. The van der Waals surface area contributed by atoms with Crippen molar-refractivity contribution in [3.05, 3.63) is 101 Å². The zero-order valence-electron chi connectivity index (χ0n) is 20.2. The maximum absolute atomic E-state index is 12.7. The van der Waals surface area contributed by atoms with Crippen LogP contribution >= 0.6 is 0 Å². The molecule has 0 saturated heterocycles. The monoisotopic (exact) mass is 501 g/mol. The van der Waals surface area contributed by atoms with E-state index in [1.54, 1.807) is 36.4 Å². The molecule has 1 amide bonds. The minimum absolute atomic E-state index is 0.0717. The van der Waals surface area contributed by atoms with Crippen LogP contribution in [0, 0.1) is 0 Å². The summed E-state index contributed by atoms with van der Waals surface area (Å²) in [7, 11) is 0. The Bertz CT molecular complexity index is 1380. The number of alkyl carbamates (subject to hydrolysis) is 1. The average Bonchev–Trinajstić information content (AvgIpc) is 2.92. The molecule has 0 aliphatic rings. The van der Waals surface area contributed by atoms with Gasteiger partial charge in [0.15, 0.2) is 0 Å². The van der Waals surface area contributed by atoms with Crippen LogP contribution < -0.4 is 20.2 Å². The first-order valence-corrected chi connectivity index (χ1v) is 12.0. The quantitative estimate of drug-likeness (QED) is 0.153. The van der Waals surface area contributed by atoms with Gasteiger partial charge < -0.3 is 23.9 Å². The van der Waals surface area contributed by atoms with Crippen LogP contribution in [0.15, 0.2) is 94.3 Å². The minimum atomic E-state index is -0.468. The van der Waals surface area contributed by atoms with Gasteiger partial charge in [0.2, 0.25) is 11.2 Å². The van der Waals surface area contributed by atoms with E-state index in [1.165, 1.54) is 12.3 Å². The molecule has 0 bridgehead atoms. The second-order valence-electron chi connectivity index (χ2n) is 8.28. The summed E-state index contributed by atoms with van der Waals surface area (Å²) >= 11 is 0. The van der Waals surface area contributed by atoms with E-state index in [-0.39, 0.29) is 30.2 Å². The summed E-state index contributed by atoms with van der Waals surface area (Å²) in [4.78, 5) is 36.7. The molecule has 0 aliphatic carbocycles. The van der Waals surface area contributed by atoms with E-state index in [9.17, 15) is 14.4 Å². The molecular weight excluding hydrogens is 474 g/mol. The summed E-state index contributed by atoms with van der Waals surface area (Å²) in [6, 6.07) is 23.0. The number of benzene rings is 3. The molecule has 8 nitrogen and oxygen atoms in total. The largest absolute Gasteiger partial charge is 0.460 e.